The first-order valence-corrected chi connectivity index (χ1v) is 11.8. The summed E-state index contributed by atoms with van der Waals surface area (Å²) in [4.78, 5) is 29.3. The van der Waals surface area contributed by atoms with Crippen molar-refractivity contribution in [3.8, 4) is 5.75 Å². The van der Waals surface area contributed by atoms with Crippen LogP contribution in [0.4, 0.5) is 10.5 Å². The summed E-state index contributed by atoms with van der Waals surface area (Å²) in [6.07, 6.45) is 1.85. The first kappa shape index (κ1) is 26.2. The Labute approximate surface area is 210 Å². The SMILES string of the molecule is CCc1nc2ccc(Cl)cn2c1C(=O)NCc1ccc(NCCNC(=O)OC(C)(C)C)cc1OC. The number of hydrogen-bond acceptors (Lipinski definition) is 6. The van der Waals surface area contributed by atoms with Gasteiger partial charge in [0.2, 0.25) is 0 Å². The van der Waals surface area contributed by atoms with Gasteiger partial charge in [-0.25, -0.2) is 9.78 Å². The van der Waals surface area contributed by atoms with Gasteiger partial charge in [0.05, 0.1) is 17.8 Å². The molecule has 35 heavy (non-hydrogen) atoms. The van der Waals surface area contributed by atoms with Crippen molar-refractivity contribution in [2.75, 3.05) is 25.5 Å². The van der Waals surface area contributed by atoms with Crippen molar-refractivity contribution in [1.29, 1.82) is 0 Å². The molecule has 0 aliphatic heterocycles. The number of aromatic nitrogens is 2. The maximum atomic E-state index is 13.1. The van der Waals surface area contributed by atoms with Crippen LogP contribution >= 0.6 is 11.6 Å². The van der Waals surface area contributed by atoms with Crippen molar-refractivity contribution in [3.63, 3.8) is 0 Å². The number of aryl methyl sites for hydroxylation is 1. The molecule has 3 rings (SSSR count). The minimum absolute atomic E-state index is 0.242. The van der Waals surface area contributed by atoms with Crippen molar-refractivity contribution in [3.05, 3.63) is 58.5 Å². The molecule has 0 fully saturated rings. The Balaban J connectivity index is 1.60. The van der Waals surface area contributed by atoms with Crippen LogP contribution < -0.4 is 20.7 Å². The van der Waals surface area contributed by atoms with E-state index in [0.717, 1.165) is 11.3 Å². The third kappa shape index (κ3) is 7.02. The van der Waals surface area contributed by atoms with Crippen LogP contribution in [0.25, 0.3) is 5.65 Å². The quantitative estimate of drug-likeness (QED) is 0.375. The third-order valence-electron chi connectivity index (χ3n) is 5.05. The summed E-state index contributed by atoms with van der Waals surface area (Å²) >= 11 is 6.13. The van der Waals surface area contributed by atoms with Gasteiger partial charge >= 0.3 is 6.09 Å². The van der Waals surface area contributed by atoms with E-state index in [-0.39, 0.29) is 12.5 Å². The van der Waals surface area contributed by atoms with Crippen LogP contribution in [0.5, 0.6) is 5.75 Å². The number of hydrogen-bond donors (Lipinski definition) is 3. The maximum absolute atomic E-state index is 13.1. The molecule has 0 aliphatic carbocycles. The topological polar surface area (TPSA) is 106 Å². The number of methoxy groups -OCH3 is 1. The highest BCUT2D eigenvalue weighted by Gasteiger charge is 2.19. The molecule has 0 unspecified atom stereocenters. The van der Waals surface area contributed by atoms with Gasteiger partial charge in [-0.1, -0.05) is 24.6 Å². The molecule has 9 nitrogen and oxygen atoms in total. The molecular formula is C25H32ClN5O4. The number of alkyl carbamates (subject to hydrolysis) is 1. The first-order chi connectivity index (χ1) is 16.6. The Bertz CT molecular complexity index is 1200. The zero-order valence-corrected chi connectivity index (χ0v) is 21.5. The van der Waals surface area contributed by atoms with E-state index in [4.69, 9.17) is 21.1 Å². The van der Waals surface area contributed by atoms with E-state index in [9.17, 15) is 9.59 Å². The monoisotopic (exact) mass is 501 g/mol. The van der Waals surface area contributed by atoms with Crippen LogP contribution in [0.3, 0.4) is 0 Å². The van der Waals surface area contributed by atoms with Crippen LogP contribution in [0.1, 0.15) is 49.4 Å². The van der Waals surface area contributed by atoms with E-state index in [2.05, 4.69) is 20.9 Å². The number of nitrogens with one attached hydrogen (secondary N) is 3. The van der Waals surface area contributed by atoms with Crippen LogP contribution in [-0.4, -0.2) is 47.2 Å². The van der Waals surface area contributed by atoms with Gasteiger partial charge in [-0.05, 0) is 45.4 Å². The highest BCUT2D eigenvalue weighted by atomic mass is 35.5. The fourth-order valence-electron chi connectivity index (χ4n) is 3.50. The lowest BCUT2D eigenvalue weighted by Crippen LogP contribution is -2.35. The number of fused-ring (bicyclic) bond motifs is 1. The molecule has 188 valence electrons. The van der Waals surface area contributed by atoms with Gasteiger partial charge < -0.3 is 25.4 Å². The number of rotatable bonds is 9. The molecule has 3 aromatic rings. The number of carbonyl (C=O) groups is 2. The van der Waals surface area contributed by atoms with Gasteiger partial charge in [-0.3, -0.25) is 9.20 Å². The molecule has 2 amide bonds. The maximum Gasteiger partial charge on any atom is 0.407 e. The van der Waals surface area contributed by atoms with Crippen molar-refractivity contribution < 1.29 is 19.1 Å². The van der Waals surface area contributed by atoms with Crippen LogP contribution in [0.15, 0.2) is 36.5 Å². The van der Waals surface area contributed by atoms with Gasteiger partial charge in [0.15, 0.2) is 0 Å². The second-order valence-corrected chi connectivity index (χ2v) is 9.34. The molecule has 0 saturated carbocycles. The lowest BCUT2D eigenvalue weighted by molar-refractivity contribution is 0.0530. The van der Waals surface area contributed by atoms with Crippen molar-refractivity contribution in [1.82, 2.24) is 20.0 Å². The highest BCUT2D eigenvalue weighted by Crippen LogP contribution is 2.24. The molecular weight excluding hydrogens is 470 g/mol. The Morgan fingerprint density at radius 2 is 1.89 bits per heavy atom. The molecule has 10 heteroatoms. The van der Waals surface area contributed by atoms with E-state index >= 15 is 0 Å². The van der Waals surface area contributed by atoms with E-state index in [1.165, 1.54) is 0 Å². The van der Waals surface area contributed by atoms with Gasteiger partial charge in [-0.15, -0.1) is 0 Å². The zero-order chi connectivity index (χ0) is 25.6. The molecule has 0 aliphatic rings. The summed E-state index contributed by atoms with van der Waals surface area (Å²) in [5.74, 6) is 0.390. The predicted octanol–water partition coefficient (Wildman–Crippen LogP) is 4.43. The molecule has 0 saturated heterocycles. The molecule has 3 N–H and O–H groups in total. The average molecular weight is 502 g/mol. The van der Waals surface area contributed by atoms with Gasteiger partial charge in [0, 0.05) is 43.1 Å². The third-order valence-corrected chi connectivity index (χ3v) is 5.28. The second-order valence-electron chi connectivity index (χ2n) is 8.90. The molecule has 0 spiro atoms. The number of halogens is 1. The summed E-state index contributed by atoms with van der Waals surface area (Å²) in [6.45, 7) is 8.59. The number of amides is 2. The van der Waals surface area contributed by atoms with Crippen molar-refractivity contribution in [2.24, 2.45) is 0 Å². The fraction of sp³-hybridized carbons (Fsp3) is 0.400. The lowest BCUT2D eigenvalue weighted by Gasteiger charge is -2.19. The average Bonchev–Trinajstić information content (AvgIpc) is 3.17. The molecule has 0 radical (unpaired) electrons. The Morgan fingerprint density at radius 3 is 2.57 bits per heavy atom. The van der Waals surface area contributed by atoms with Gasteiger partial charge in [0.1, 0.15) is 22.7 Å². The van der Waals surface area contributed by atoms with Gasteiger partial charge in [-0.2, -0.15) is 0 Å². The fourth-order valence-corrected chi connectivity index (χ4v) is 3.66. The number of ether oxygens (including phenoxy) is 2. The Morgan fingerprint density at radius 1 is 1.11 bits per heavy atom. The highest BCUT2D eigenvalue weighted by molar-refractivity contribution is 6.30. The predicted molar refractivity (Wildman–Crippen MR) is 136 cm³/mol. The standard InChI is InChI=1S/C25H32ClN5O4/c1-6-19-22(31-15-17(26)8-10-21(31)30-19)23(32)29-14-16-7-9-18(13-20(16)34-5)27-11-12-28-24(33)35-25(2,3)4/h7-10,13,15,27H,6,11-12,14H2,1-5H3,(H,28,33)(H,29,32). The summed E-state index contributed by atoms with van der Waals surface area (Å²) in [6, 6.07) is 9.16. The van der Waals surface area contributed by atoms with E-state index < -0.39 is 11.7 Å². The second kappa shape index (κ2) is 11.3. The van der Waals surface area contributed by atoms with E-state index in [0.29, 0.717) is 47.3 Å². The van der Waals surface area contributed by atoms with Crippen molar-refractivity contribution >= 4 is 34.9 Å². The van der Waals surface area contributed by atoms with Crippen LogP contribution in [-0.2, 0) is 17.7 Å². The lowest BCUT2D eigenvalue weighted by atomic mass is 10.1. The molecule has 0 atom stereocenters. The number of anilines is 1. The molecule has 2 aromatic heterocycles. The minimum atomic E-state index is -0.535. The molecule has 0 bridgehead atoms. The summed E-state index contributed by atoms with van der Waals surface area (Å²) in [5, 5.41) is 9.42. The number of benzene rings is 1. The number of pyridine rings is 1. The Kier molecular flexibility index (Phi) is 8.45. The number of carbonyl (C=O) groups excluding carboxylic acids is 2. The van der Waals surface area contributed by atoms with Crippen LogP contribution in [0, 0.1) is 0 Å². The van der Waals surface area contributed by atoms with Crippen LogP contribution in [0.2, 0.25) is 5.02 Å². The van der Waals surface area contributed by atoms with E-state index in [1.807, 2.05) is 45.9 Å². The normalized spacial score (nSPS) is 11.3. The minimum Gasteiger partial charge on any atom is -0.496 e. The molecule has 1 aromatic carbocycles. The number of imidazole rings is 1. The summed E-state index contributed by atoms with van der Waals surface area (Å²) < 4.78 is 12.5. The smallest absolute Gasteiger partial charge is 0.407 e. The largest absolute Gasteiger partial charge is 0.496 e. The molecule has 2 heterocycles. The van der Waals surface area contributed by atoms with Crippen molar-refractivity contribution in [2.45, 2.75) is 46.3 Å². The van der Waals surface area contributed by atoms with Gasteiger partial charge in [0.25, 0.3) is 5.91 Å². The summed E-state index contributed by atoms with van der Waals surface area (Å²) in [7, 11) is 1.58. The summed E-state index contributed by atoms with van der Waals surface area (Å²) in [5.41, 5.74) is 2.96. The zero-order valence-electron chi connectivity index (χ0n) is 20.7. The Hall–Kier alpha value is -3.46. The number of nitrogens with zero attached hydrogens (tertiary/aromatic N) is 2. The van der Waals surface area contributed by atoms with E-state index in [1.54, 1.807) is 29.8 Å². The first-order valence-electron chi connectivity index (χ1n) is 11.4.